The third-order valence-electron chi connectivity index (χ3n) is 4.31. The van der Waals surface area contributed by atoms with Gasteiger partial charge in [-0.15, -0.1) is 0 Å². The van der Waals surface area contributed by atoms with Crippen molar-refractivity contribution in [3.8, 4) is 0 Å². The van der Waals surface area contributed by atoms with Crippen LogP contribution < -0.4 is 10.6 Å². The number of alkyl halides is 3. The third-order valence-corrected chi connectivity index (χ3v) is 4.31. The number of benzene rings is 1. The van der Waals surface area contributed by atoms with Crippen LogP contribution in [0.2, 0.25) is 0 Å². The number of aliphatic imine (C=N–C) groups is 1. The fourth-order valence-corrected chi connectivity index (χ4v) is 2.61. The average Bonchev–Trinajstić information content (AvgIpc) is 2.72. The van der Waals surface area contributed by atoms with Gasteiger partial charge in [0.05, 0.1) is 12.1 Å². The van der Waals surface area contributed by atoms with E-state index in [9.17, 15) is 22.4 Å². The number of hydrogen-bond donors (Lipinski definition) is 2. The van der Waals surface area contributed by atoms with Gasteiger partial charge in [0.15, 0.2) is 5.96 Å². The van der Waals surface area contributed by atoms with Crippen LogP contribution in [0.25, 0.3) is 0 Å². The summed E-state index contributed by atoms with van der Waals surface area (Å²) in [4.78, 5) is 21.9. The van der Waals surface area contributed by atoms with Crippen LogP contribution in [0.1, 0.15) is 16.8 Å². The van der Waals surface area contributed by atoms with Crippen molar-refractivity contribution in [2.24, 2.45) is 4.99 Å². The lowest BCUT2D eigenvalue weighted by molar-refractivity contribution is -0.138. The topological polar surface area (TPSA) is 69.6 Å². The molecule has 0 bridgehead atoms. The van der Waals surface area contributed by atoms with Crippen molar-refractivity contribution in [2.45, 2.75) is 19.1 Å². The summed E-state index contributed by atoms with van der Waals surface area (Å²) in [6.07, 6.45) is -2.40. The number of hydrogen-bond acceptors (Lipinski definition) is 3. The highest BCUT2D eigenvalue weighted by Gasteiger charge is 2.33. The van der Waals surface area contributed by atoms with Gasteiger partial charge in [-0.05, 0) is 29.8 Å². The van der Waals surface area contributed by atoms with E-state index in [4.69, 9.17) is 0 Å². The Hall–Kier alpha value is -3.17. The number of nitrogens with one attached hydrogen (secondary N) is 2. The predicted octanol–water partition coefficient (Wildman–Crippen LogP) is 2.61. The molecule has 6 nitrogen and oxygen atoms in total. The maximum Gasteiger partial charge on any atom is 0.416 e. The summed E-state index contributed by atoms with van der Waals surface area (Å²) < 4.78 is 52.4. The molecule has 1 aromatic heterocycles. The minimum absolute atomic E-state index is 0.0893. The van der Waals surface area contributed by atoms with Gasteiger partial charge in [-0.2, -0.15) is 13.2 Å². The molecule has 0 spiro atoms. The molecule has 30 heavy (non-hydrogen) atoms. The molecule has 0 aliphatic carbocycles. The second-order valence-corrected chi connectivity index (χ2v) is 6.46. The number of likely N-dealkylation sites (N-methyl/N-ethyl adjacent to an activating group) is 1. The van der Waals surface area contributed by atoms with Crippen molar-refractivity contribution in [2.75, 3.05) is 27.2 Å². The van der Waals surface area contributed by atoms with Gasteiger partial charge in [0.25, 0.3) is 0 Å². The van der Waals surface area contributed by atoms with Crippen LogP contribution in [-0.2, 0) is 23.9 Å². The molecule has 0 unspecified atom stereocenters. The molecule has 0 aliphatic heterocycles. The molecule has 2 rings (SSSR count). The van der Waals surface area contributed by atoms with Gasteiger partial charge in [-0.3, -0.25) is 14.8 Å². The Morgan fingerprint density at radius 3 is 2.60 bits per heavy atom. The van der Waals surface area contributed by atoms with E-state index in [-0.39, 0.29) is 30.5 Å². The first-order chi connectivity index (χ1) is 14.2. The van der Waals surface area contributed by atoms with E-state index >= 15 is 0 Å². The van der Waals surface area contributed by atoms with Crippen molar-refractivity contribution < 1.29 is 22.4 Å². The molecule has 0 fully saturated rings. The molecule has 2 N–H and O–H groups in total. The summed E-state index contributed by atoms with van der Waals surface area (Å²) in [7, 11) is 3.08. The average molecular weight is 425 g/mol. The van der Waals surface area contributed by atoms with Crippen molar-refractivity contribution in [1.29, 1.82) is 0 Å². The fraction of sp³-hybridized carbons (Fsp3) is 0.350. The van der Waals surface area contributed by atoms with E-state index in [1.165, 1.54) is 11.9 Å². The first-order valence-corrected chi connectivity index (χ1v) is 9.14. The number of guanidine groups is 1. The molecule has 0 radical (unpaired) electrons. The zero-order chi connectivity index (χ0) is 22.1. The maximum atomic E-state index is 13.2. The molecule has 0 atom stereocenters. The van der Waals surface area contributed by atoms with Crippen LogP contribution in [0.3, 0.4) is 0 Å². The minimum atomic E-state index is -4.68. The van der Waals surface area contributed by atoms with E-state index in [1.807, 2.05) is 18.2 Å². The van der Waals surface area contributed by atoms with E-state index in [0.29, 0.717) is 19.0 Å². The highest BCUT2D eigenvalue weighted by Crippen LogP contribution is 2.32. The number of rotatable bonds is 7. The monoisotopic (exact) mass is 425 g/mol. The molecule has 1 amide bonds. The van der Waals surface area contributed by atoms with Crippen molar-refractivity contribution in [3.05, 3.63) is 65.2 Å². The molecule has 162 valence electrons. The van der Waals surface area contributed by atoms with Crippen LogP contribution in [0.4, 0.5) is 17.6 Å². The van der Waals surface area contributed by atoms with Crippen LogP contribution in [0.5, 0.6) is 0 Å². The Bertz CT molecular complexity index is 871. The van der Waals surface area contributed by atoms with Gasteiger partial charge in [0.2, 0.25) is 5.91 Å². The lowest BCUT2D eigenvalue weighted by atomic mass is 10.1. The molecular weight excluding hydrogens is 402 g/mol. The third kappa shape index (κ3) is 7.02. The molecule has 1 aromatic carbocycles. The van der Waals surface area contributed by atoms with Crippen molar-refractivity contribution >= 4 is 11.9 Å². The predicted molar refractivity (Wildman–Crippen MR) is 105 cm³/mol. The largest absolute Gasteiger partial charge is 0.416 e. The molecule has 1 heterocycles. The lowest BCUT2D eigenvalue weighted by Crippen LogP contribution is -2.44. The number of carbonyl (C=O) groups is 1. The molecular formula is C20H23F4N5O. The first-order valence-electron chi connectivity index (χ1n) is 9.14. The molecule has 0 aliphatic rings. The summed E-state index contributed by atoms with van der Waals surface area (Å²) in [6.45, 7) is 0.139. The van der Waals surface area contributed by atoms with Crippen molar-refractivity contribution in [3.63, 3.8) is 0 Å². The number of nitrogens with zero attached hydrogens (tertiary/aromatic N) is 3. The number of halogens is 4. The lowest BCUT2D eigenvalue weighted by Gasteiger charge is -2.19. The number of amides is 1. The minimum Gasteiger partial charge on any atom is -0.352 e. The fourth-order valence-electron chi connectivity index (χ4n) is 2.61. The number of pyridine rings is 1. The van der Waals surface area contributed by atoms with E-state index in [0.717, 1.165) is 17.8 Å². The quantitative estimate of drug-likeness (QED) is 0.407. The number of carbonyl (C=O) groups excluding carboxylic acids is 1. The maximum absolute atomic E-state index is 13.2. The highest BCUT2D eigenvalue weighted by molar-refractivity contribution is 5.86. The van der Waals surface area contributed by atoms with Gasteiger partial charge < -0.3 is 15.5 Å². The highest BCUT2D eigenvalue weighted by atomic mass is 19.4. The standard InChI is InChI=1S/C20H23F4N5O/c1-25-19(27-12-14-6-7-15(21)11-17(14)20(22,23)24)28-13-18(30)29(2)10-8-16-5-3-4-9-26-16/h3-7,9,11H,8,10,12-13H2,1-2H3,(H2,25,27,28). The van der Waals surface area contributed by atoms with Gasteiger partial charge in [-0.25, -0.2) is 4.39 Å². The SMILES string of the molecule is CN=C(NCC(=O)N(C)CCc1ccccn1)NCc1ccc(F)cc1C(F)(F)F. The van der Waals surface area contributed by atoms with Gasteiger partial charge in [0, 0.05) is 45.5 Å². The Kier molecular flexibility index (Phi) is 8.14. The van der Waals surface area contributed by atoms with Crippen molar-refractivity contribution in [1.82, 2.24) is 20.5 Å². The van der Waals surface area contributed by atoms with Gasteiger partial charge >= 0.3 is 6.18 Å². The number of aromatic nitrogens is 1. The van der Waals surface area contributed by atoms with Crippen LogP contribution in [-0.4, -0.2) is 48.9 Å². The van der Waals surface area contributed by atoms with Crippen LogP contribution >= 0.6 is 0 Å². The van der Waals surface area contributed by atoms with Crippen LogP contribution in [0, 0.1) is 5.82 Å². The Morgan fingerprint density at radius 1 is 1.20 bits per heavy atom. The summed E-state index contributed by atoms with van der Waals surface area (Å²) in [6, 6.07) is 8.02. The summed E-state index contributed by atoms with van der Waals surface area (Å²) in [5.74, 6) is -1.03. The Morgan fingerprint density at radius 2 is 1.97 bits per heavy atom. The van der Waals surface area contributed by atoms with Gasteiger partial charge in [-0.1, -0.05) is 12.1 Å². The Labute approximate surface area is 172 Å². The molecule has 2 aromatic rings. The van der Waals surface area contributed by atoms with Gasteiger partial charge in [0.1, 0.15) is 5.82 Å². The summed E-state index contributed by atoms with van der Waals surface area (Å²) in [5.41, 5.74) is -0.330. The first kappa shape index (κ1) is 23.1. The Balaban J connectivity index is 1.86. The summed E-state index contributed by atoms with van der Waals surface area (Å²) in [5, 5.41) is 5.47. The normalized spacial score (nSPS) is 11.9. The molecule has 0 saturated carbocycles. The van der Waals surface area contributed by atoms with Crippen LogP contribution in [0.15, 0.2) is 47.6 Å². The zero-order valence-corrected chi connectivity index (χ0v) is 16.6. The zero-order valence-electron chi connectivity index (χ0n) is 16.6. The summed E-state index contributed by atoms with van der Waals surface area (Å²) >= 11 is 0. The second-order valence-electron chi connectivity index (χ2n) is 6.46. The van der Waals surface area contributed by atoms with E-state index < -0.39 is 17.6 Å². The second kappa shape index (κ2) is 10.6. The van der Waals surface area contributed by atoms with E-state index in [1.54, 1.807) is 13.2 Å². The smallest absolute Gasteiger partial charge is 0.352 e. The molecule has 10 heteroatoms. The van der Waals surface area contributed by atoms with E-state index in [2.05, 4.69) is 20.6 Å². The molecule has 0 saturated heterocycles.